The van der Waals surface area contributed by atoms with E-state index in [2.05, 4.69) is 31.2 Å². The number of furan rings is 1. The summed E-state index contributed by atoms with van der Waals surface area (Å²) in [5.74, 6) is 2.11. The van der Waals surface area contributed by atoms with Crippen molar-refractivity contribution in [3.8, 4) is 0 Å². The Labute approximate surface area is 107 Å². The molecule has 0 fully saturated rings. The Balaban J connectivity index is 2.00. The number of rotatable bonds is 5. The van der Waals surface area contributed by atoms with Crippen molar-refractivity contribution in [2.45, 2.75) is 19.8 Å². The fourth-order valence-electron chi connectivity index (χ4n) is 2.07. The third-order valence-electron chi connectivity index (χ3n) is 2.90. The Morgan fingerprint density at radius 2 is 2.06 bits per heavy atom. The zero-order valence-electron chi connectivity index (χ0n) is 10.0. The van der Waals surface area contributed by atoms with E-state index in [0.717, 1.165) is 18.6 Å². The van der Waals surface area contributed by atoms with Gasteiger partial charge in [-0.05, 0) is 37.0 Å². The van der Waals surface area contributed by atoms with Crippen LogP contribution in [0.4, 0.5) is 0 Å². The van der Waals surface area contributed by atoms with E-state index in [-0.39, 0.29) is 0 Å². The predicted octanol–water partition coefficient (Wildman–Crippen LogP) is 4.23. The summed E-state index contributed by atoms with van der Waals surface area (Å²) in [6, 6.07) is 12.5. The van der Waals surface area contributed by atoms with Crippen LogP contribution in [0, 0.1) is 12.8 Å². The minimum absolute atomic E-state index is 0.435. The molecule has 2 heteroatoms. The summed E-state index contributed by atoms with van der Waals surface area (Å²) in [5.41, 5.74) is 2.65. The standard InChI is InChI=1S/C15H17ClO/c1-12-4-2-5-13(8-12)9-14(11-16)10-15-6-3-7-17-15/h2-8,14H,9-11H2,1H3. The molecule has 0 saturated heterocycles. The number of hydrogen-bond donors (Lipinski definition) is 0. The van der Waals surface area contributed by atoms with Crippen LogP contribution < -0.4 is 0 Å². The molecule has 1 unspecified atom stereocenters. The molecule has 0 bridgehead atoms. The van der Waals surface area contributed by atoms with Crippen LogP contribution in [0.1, 0.15) is 16.9 Å². The van der Waals surface area contributed by atoms with E-state index in [1.54, 1.807) is 6.26 Å². The molecule has 1 aromatic heterocycles. The van der Waals surface area contributed by atoms with Crippen LogP contribution in [0.5, 0.6) is 0 Å². The van der Waals surface area contributed by atoms with E-state index < -0.39 is 0 Å². The lowest BCUT2D eigenvalue weighted by atomic mass is 9.96. The monoisotopic (exact) mass is 248 g/mol. The maximum absolute atomic E-state index is 6.03. The van der Waals surface area contributed by atoms with Crippen molar-refractivity contribution in [3.05, 3.63) is 59.5 Å². The summed E-state index contributed by atoms with van der Waals surface area (Å²) < 4.78 is 5.37. The smallest absolute Gasteiger partial charge is 0.104 e. The summed E-state index contributed by atoms with van der Waals surface area (Å²) in [6.07, 6.45) is 3.63. The summed E-state index contributed by atoms with van der Waals surface area (Å²) in [5, 5.41) is 0. The molecule has 0 saturated carbocycles. The second-order valence-corrected chi connectivity index (χ2v) is 4.81. The van der Waals surface area contributed by atoms with Crippen molar-refractivity contribution in [1.29, 1.82) is 0 Å². The second kappa shape index (κ2) is 5.92. The van der Waals surface area contributed by atoms with Crippen molar-refractivity contribution in [3.63, 3.8) is 0 Å². The van der Waals surface area contributed by atoms with Crippen LogP contribution in [0.25, 0.3) is 0 Å². The largest absolute Gasteiger partial charge is 0.469 e. The summed E-state index contributed by atoms with van der Waals surface area (Å²) in [7, 11) is 0. The van der Waals surface area contributed by atoms with Crippen LogP contribution >= 0.6 is 11.6 Å². The van der Waals surface area contributed by atoms with E-state index >= 15 is 0 Å². The van der Waals surface area contributed by atoms with Gasteiger partial charge in [0.05, 0.1) is 6.26 Å². The Morgan fingerprint density at radius 1 is 1.18 bits per heavy atom. The molecule has 0 N–H and O–H groups in total. The third kappa shape index (κ3) is 3.64. The van der Waals surface area contributed by atoms with Gasteiger partial charge in [-0.15, -0.1) is 11.6 Å². The molecule has 1 aromatic carbocycles. The number of benzene rings is 1. The first-order valence-corrected chi connectivity index (χ1v) is 6.45. The van der Waals surface area contributed by atoms with E-state index in [0.29, 0.717) is 11.8 Å². The highest BCUT2D eigenvalue weighted by atomic mass is 35.5. The molecule has 0 aliphatic carbocycles. The molecule has 2 rings (SSSR count). The number of alkyl halides is 1. The molecule has 1 atom stereocenters. The molecule has 1 heterocycles. The number of aryl methyl sites for hydroxylation is 1. The first-order valence-electron chi connectivity index (χ1n) is 5.92. The molecule has 0 amide bonds. The van der Waals surface area contributed by atoms with E-state index in [1.807, 2.05) is 12.1 Å². The van der Waals surface area contributed by atoms with Gasteiger partial charge in [-0.3, -0.25) is 0 Å². The predicted molar refractivity (Wildman–Crippen MR) is 71.5 cm³/mol. The van der Waals surface area contributed by atoms with Gasteiger partial charge in [-0.2, -0.15) is 0 Å². The maximum atomic E-state index is 6.03. The van der Waals surface area contributed by atoms with Crippen LogP contribution in [-0.2, 0) is 12.8 Å². The number of hydrogen-bond acceptors (Lipinski definition) is 1. The molecular formula is C15H17ClO. The highest BCUT2D eigenvalue weighted by Gasteiger charge is 2.11. The first kappa shape index (κ1) is 12.3. The summed E-state index contributed by atoms with van der Waals surface area (Å²) >= 11 is 6.03. The van der Waals surface area contributed by atoms with Crippen molar-refractivity contribution in [1.82, 2.24) is 0 Å². The Bertz CT molecular complexity index is 448. The van der Waals surface area contributed by atoms with Crippen molar-refractivity contribution in [2.24, 2.45) is 5.92 Å². The molecule has 1 nitrogen and oxygen atoms in total. The summed E-state index contributed by atoms with van der Waals surface area (Å²) in [4.78, 5) is 0. The molecule has 0 aliphatic rings. The zero-order valence-corrected chi connectivity index (χ0v) is 10.8. The fraction of sp³-hybridized carbons (Fsp3) is 0.333. The fourth-order valence-corrected chi connectivity index (χ4v) is 2.29. The number of halogens is 1. The van der Waals surface area contributed by atoms with Gasteiger partial charge < -0.3 is 4.42 Å². The molecule has 0 spiro atoms. The van der Waals surface area contributed by atoms with Gasteiger partial charge in [0.1, 0.15) is 5.76 Å². The van der Waals surface area contributed by atoms with E-state index in [4.69, 9.17) is 16.0 Å². The van der Waals surface area contributed by atoms with E-state index in [1.165, 1.54) is 11.1 Å². The first-order chi connectivity index (χ1) is 8.28. The van der Waals surface area contributed by atoms with Crippen LogP contribution in [-0.4, -0.2) is 5.88 Å². The lowest BCUT2D eigenvalue weighted by molar-refractivity contribution is 0.458. The van der Waals surface area contributed by atoms with Gasteiger partial charge in [0.2, 0.25) is 0 Å². The topological polar surface area (TPSA) is 13.1 Å². The van der Waals surface area contributed by atoms with Gasteiger partial charge in [0, 0.05) is 12.3 Å². The van der Waals surface area contributed by atoms with Crippen LogP contribution in [0.15, 0.2) is 47.1 Å². The molecule has 17 heavy (non-hydrogen) atoms. The van der Waals surface area contributed by atoms with Gasteiger partial charge in [-0.25, -0.2) is 0 Å². The molecule has 0 aliphatic heterocycles. The van der Waals surface area contributed by atoms with E-state index in [9.17, 15) is 0 Å². The minimum atomic E-state index is 0.435. The average molecular weight is 249 g/mol. The Kier molecular flexibility index (Phi) is 4.27. The van der Waals surface area contributed by atoms with Gasteiger partial charge in [0.25, 0.3) is 0 Å². The average Bonchev–Trinajstić information content (AvgIpc) is 2.81. The van der Waals surface area contributed by atoms with Gasteiger partial charge >= 0.3 is 0 Å². The lowest BCUT2D eigenvalue weighted by Gasteiger charge is -2.12. The molecule has 2 aromatic rings. The third-order valence-corrected chi connectivity index (χ3v) is 3.33. The van der Waals surface area contributed by atoms with Crippen LogP contribution in [0.2, 0.25) is 0 Å². The second-order valence-electron chi connectivity index (χ2n) is 4.50. The van der Waals surface area contributed by atoms with Crippen molar-refractivity contribution >= 4 is 11.6 Å². The quantitative estimate of drug-likeness (QED) is 0.722. The van der Waals surface area contributed by atoms with Crippen molar-refractivity contribution in [2.75, 3.05) is 5.88 Å². The normalized spacial score (nSPS) is 12.6. The Morgan fingerprint density at radius 3 is 2.71 bits per heavy atom. The highest BCUT2D eigenvalue weighted by Crippen LogP contribution is 2.17. The Hall–Kier alpha value is -1.21. The zero-order chi connectivity index (χ0) is 12.1. The summed E-state index contributed by atoms with van der Waals surface area (Å²) in [6.45, 7) is 2.12. The molecule has 90 valence electrons. The minimum Gasteiger partial charge on any atom is -0.469 e. The highest BCUT2D eigenvalue weighted by molar-refractivity contribution is 6.18. The van der Waals surface area contributed by atoms with Crippen LogP contribution in [0.3, 0.4) is 0 Å². The molecule has 0 radical (unpaired) electrons. The SMILES string of the molecule is Cc1cccc(CC(CCl)Cc2ccco2)c1. The van der Waals surface area contributed by atoms with Gasteiger partial charge in [0.15, 0.2) is 0 Å². The van der Waals surface area contributed by atoms with Crippen molar-refractivity contribution < 1.29 is 4.42 Å². The van der Waals surface area contributed by atoms with Gasteiger partial charge in [-0.1, -0.05) is 29.8 Å². The molecular weight excluding hydrogens is 232 g/mol. The maximum Gasteiger partial charge on any atom is 0.104 e. The lowest BCUT2D eigenvalue weighted by Crippen LogP contribution is -2.09.